The van der Waals surface area contributed by atoms with E-state index in [1.807, 2.05) is 18.2 Å². The van der Waals surface area contributed by atoms with Crippen LogP contribution in [0.1, 0.15) is 56.7 Å². The van der Waals surface area contributed by atoms with Crippen molar-refractivity contribution in [3.05, 3.63) is 23.1 Å². The Bertz CT molecular complexity index is 948. The standard InChI is InChI=1S/C25H32N2O3S/c1-4-5-21-22(18-6-7-19(29-2)20(11-18)30-3)26-24(31-21)27-23(28)25-12-15-8-16(13-25)10-17(9-15)14-25/h6-7,11,15-17H,4-5,8-10,12-14H2,1-3H3,(H,26,27,28). The Labute approximate surface area is 188 Å². The van der Waals surface area contributed by atoms with Gasteiger partial charge in [-0.3, -0.25) is 4.79 Å². The van der Waals surface area contributed by atoms with Gasteiger partial charge in [0.2, 0.25) is 5.91 Å². The summed E-state index contributed by atoms with van der Waals surface area (Å²) in [5.74, 6) is 3.87. The zero-order valence-electron chi connectivity index (χ0n) is 18.7. The molecule has 0 unspecified atom stereocenters. The van der Waals surface area contributed by atoms with Crippen molar-refractivity contribution >= 4 is 22.4 Å². The SMILES string of the molecule is CCCc1sc(NC(=O)C23CC4CC(CC(C4)C2)C3)nc1-c1ccc(OC)c(OC)c1. The molecular formula is C25H32N2O3S. The number of aromatic nitrogens is 1. The van der Waals surface area contributed by atoms with Crippen molar-refractivity contribution in [2.75, 3.05) is 19.5 Å². The van der Waals surface area contributed by atoms with E-state index in [1.165, 1.54) is 24.1 Å². The highest BCUT2D eigenvalue weighted by atomic mass is 32.1. The van der Waals surface area contributed by atoms with E-state index in [0.717, 1.165) is 66.2 Å². The zero-order valence-corrected chi connectivity index (χ0v) is 19.5. The molecule has 1 aromatic carbocycles. The van der Waals surface area contributed by atoms with Crippen LogP contribution in [-0.2, 0) is 11.2 Å². The van der Waals surface area contributed by atoms with Gasteiger partial charge < -0.3 is 14.8 Å². The number of hydrogen-bond acceptors (Lipinski definition) is 5. The molecule has 1 amide bonds. The first-order chi connectivity index (χ1) is 15.0. The van der Waals surface area contributed by atoms with E-state index < -0.39 is 0 Å². The van der Waals surface area contributed by atoms with Crippen LogP contribution in [0.2, 0.25) is 0 Å². The highest BCUT2D eigenvalue weighted by molar-refractivity contribution is 7.16. The largest absolute Gasteiger partial charge is 0.493 e. The van der Waals surface area contributed by atoms with Gasteiger partial charge in [0, 0.05) is 10.4 Å². The number of hydrogen-bond donors (Lipinski definition) is 1. The van der Waals surface area contributed by atoms with E-state index in [4.69, 9.17) is 14.5 Å². The summed E-state index contributed by atoms with van der Waals surface area (Å²) >= 11 is 1.62. The molecule has 4 fully saturated rings. The number of carbonyl (C=O) groups is 1. The smallest absolute Gasteiger partial charge is 0.232 e. The van der Waals surface area contributed by atoms with Gasteiger partial charge in [0.25, 0.3) is 0 Å². The van der Waals surface area contributed by atoms with Gasteiger partial charge in [-0.2, -0.15) is 0 Å². The van der Waals surface area contributed by atoms with Gasteiger partial charge in [0.1, 0.15) is 0 Å². The fourth-order valence-corrected chi connectivity index (χ4v) is 7.71. The molecule has 4 saturated carbocycles. The Morgan fingerprint density at radius 1 is 1.10 bits per heavy atom. The predicted molar refractivity (Wildman–Crippen MR) is 124 cm³/mol. The molecule has 0 aliphatic heterocycles. The minimum absolute atomic E-state index is 0.158. The predicted octanol–water partition coefficient (Wildman–Crippen LogP) is 5.93. The van der Waals surface area contributed by atoms with E-state index in [-0.39, 0.29) is 11.3 Å². The van der Waals surface area contributed by atoms with Gasteiger partial charge in [0.15, 0.2) is 16.6 Å². The van der Waals surface area contributed by atoms with Gasteiger partial charge in [0.05, 0.1) is 25.3 Å². The van der Waals surface area contributed by atoms with Crippen molar-refractivity contribution in [2.24, 2.45) is 23.2 Å². The number of carbonyl (C=O) groups excluding carboxylic acids is 1. The number of thiazole rings is 1. The molecule has 166 valence electrons. The highest BCUT2D eigenvalue weighted by Gasteiger charge is 2.54. The number of aryl methyl sites for hydroxylation is 1. The summed E-state index contributed by atoms with van der Waals surface area (Å²) in [6, 6.07) is 5.90. The van der Waals surface area contributed by atoms with Crippen molar-refractivity contribution in [3.63, 3.8) is 0 Å². The monoisotopic (exact) mass is 440 g/mol. The number of benzene rings is 1. The first-order valence-corrected chi connectivity index (χ1v) is 12.4. The lowest BCUT2D eigenvalue weighted by molar-refractivity contribution is -0.140. The molecule has 1 heterocycles. The van der Waals surface area contributed by atoms with Crippen LogP contribution >= 0.6 is 11.3 Å². The maximum atomic E-state index is 13.5. The number of ether oxygens (including phenoxy) is 2. The maximum absolute atomic E-state index is 13.5. The van der Waals surface area contributed by atoms with E-state index in [2.05, 4.69) is 12.2 Å². The molecule has 4 aliphatic rings. The van der Waals surface area contributed by atoms with Crippen molar-refractivity contribution < 1.29 is 14.3 Å². The molecular weight excluding hydrogens is 408 g/mol. The molecule has 4 bridgehead atoms. The average molecular weight is 441 g/mol. The molecule has 0 spiro atoms. The third-order valence-electron chi connectivity index (χ3n) is 7.57. The zero-order chi connectivity index (χ0) is 21.6. The summed E-state index contributed by atoms with van der Waals surface area (Å²) in [6.07, 6.45) is 9.21. The van der Waals surface area contributed by atoms with E-state index >= 15 is 0 Å². The Kier molecular flexibility index (Phi) is 5.45. The molecule has 6 rings (SSSR count). The molecule has 31 heavy (non-hydrogen) atoms. The molecule has 1 aromatic heterocycles. The summed E-state index contributed by atoms with van der Waals surface area (Å²) in [7, 11) is 3.29. The summed E-state index contributed by atoms with van der Waals surface area (Å²) in [5.41, 5.74) is 1.77. The molecule has 4 aliphatic carbocycles. The first-order valence-electron chi connectivity index (χ1n) is 11.6. The number of methoxy groups -OCH3 is 2. The fraction of sp³-hybridized carbons (Fsp3) is 0.600. The summed E-state index contributed by atoms with van der Waals surface area (Å²) in [4.78, 5) is 19.6. The van der Waals surface area contributed by atoms with Crippen LogP contribution in [0.3, 0.4) is 0 Å². The topological polar surface area (TPSA) is 60.5 Å². The van der Waals surface area contributed by atoms with Gasteiger partial charge in [-0.05, 0) is 80.9 Å². The van der Waals surface area contributed by atoms with Crippen LogP contribution in [0.25, 0.3) is 11.3 Å². The van der Waals surface area contributed by atoms with Crippen molar-refractivity contribution in [1.29, 1.82) is 0 Å². The van der Waals surface area contributed by atoms with Crippen molar-refractivity contribution in [3.8, 4) is 22.8 Å². The van der Waals surface area contributed by atoms with E-state index in [0.29, 0.717) is 11.5 Å². The summed E-state index contributed by atoms with van der Waals surface area (Å²) < 4.78 is 10.9. The molecule has 6 heteroatoms. The molecule has 0 saturated heterocycles. The third kappa shape index (κ3) is 3.73. The molecule has 5 nitrogen and oxygen atoms in total. The normalized spacial score (nSPS) is 28.5. The summed E-state index contributed by atoms with van der Waals surface area (Å²) in [5, 5.41) is 3.98. The maximum Gasteiger partial charge on any atom is 0.232 e. The number of anilines is 1. The van der Waals surface area contributed by atoms with Crippen LogP contribution < -0.4 is 14.8 Å². The fourth-order valence-electron chi connectivity index (χ4n) is 6.63. The Balaban J connectivity index is 1.41. The van der Waals surface area contributed by atoms with Gasteiger partial charge in [-0.25, -0.2) is 4.98 Å². The first kappa shape index (κ1) is 20.8. The van der Waals surface area contributed by atoms with E-state index in [1.54, 1.807) is 25.6 Å². The Hall–Kier alpha value is -2.08. The van der Waals surface area contributed by atoms with Crippen molar-refractivity contribution in [1.82, 2.24) is 4.98 Å². The molecule has 1 N–H and O–H groups in total. The van der Waals surface area contributed by atoms with Crippen LogP contribution in [0.5, 0.6) is 11.5 Å². The van der Waals surface area contributed by atoms with Crippen LogP contribution in [0, 0.1) is 23.2 Å². The van der Waals surface area contributed by atoms with Gasteiger partial charge in [-0.1, -0.05) is 13.3 Å². The van der Waals surface area contributed by atoms with Gasteiger partial charge >= 0.3 is 0 Å². The Morgan fingerprint density at radius 2 is 1.74 bits per heavy atom. The van der Waals surface area contributed by atoms with E-state index in [9.17, 15) is 4.79 Å². The second-order valence-corrected chi connectivity index (χ2v) is 10.8. The molecule has 2 aromatic rings. The lowest BCUT2D eigenvalue weighted by Gasteiger charge is -2.55. The third-order valence-corrected chi connectivity index (χ3v) is 8.60. The van der Waals surface area contributed by atoms with Gasteiger partial charge in [-0.15, -0.1) is 11.3 Å². The molecule has 0 radical (unpaired) electrons. The second-order valence-electron chi connectivity index (χ2n) is 9.76. The quantitative estimate of drug-likeness (QED) is 0.579. The number of nitrogens with zero attached hydrogens (tertiary/aromatic N) is 1. The second kappa shape index (κ2) is 8.12. The minimum Gasteiger partial charge on any atom is -0.493 e. The number of rotatable bonds is 7. The average Bonchev–Trinajstić information content (AvgIpc) is 3.14. The molecule has 0 atom stereocenters. The Morgan fingerprint density at radius 3 is 2.32 bits per heavy atom. The minimum atomic E-state index is -0.158. The lowest BCUT2D eigenvalue weighted by Crippen LogP contribution is -2.51. The number of nitrogens with one attached hydrogen (secondary N) is 1. The van der Waals surface area contributed by atoms with Crippen LogP contribution in [-0.4, -0.2) is 25.1 Å². The lowest BCUT2D eigenvalue weighted by atomic mass is 9.49. The van der Waals surface area contributed by atoms with Crippen LogP contribution in [0.4, 0.5) is 5.13 Å². The highest BCUT2D eigenvalue weighted by Crippen LogP contribution is 2.60. The van der Waals surface area contributed by atoms with Crippen LogP contribution in [0.15, 0.2) is 18.2 Å². The summed E-state index contributed by atoms with van der Waals surface area (Å²) in [6.45, 7) is 2.17. The number of amides is 1. The van der Waals surface area contributed by atoms with Crippen molar-refractivity contribution in [2.45, 2.75) is 58.3 Å².